The summed E-state index contributed by atoms with van der Waals surface area (Å²) >= 11 is 6.27. The molecule has 0 bridgehead atoms. The third-order valence-corrected chi connectivity index (χ3v) is 5.31. The third kappa shape index (κ3) is 4.09. The lowest BCUT2D eigenvalue weighted by Gasteiger charge is -2.20. The summed E-state index contributed by atoms with van der Waals surface area (Å²) in [4.78, 5) is 12.2. The largest absolute Gasteiger partial charge is 0.475 e. The second-order valence-electron chi connectivity index (χ2n) is 6.92. The molecule has 1 N–H and O–H groups in total. The van der Waals surface area contributed by atoms with E-state index in [0.717, 1.165) is 31.2 Å². The summed E-state index contributed by atoms with van der Waals surface area (Å²) in [6.07, 6.45) is 5.50. The number of rotatable bonds is 6. The first kappa shape index (κ1) is 18.7. The lowest BCUT2D eigenvalue weighted by atomic mass is 9.89. The second-order valence-corrected chi connectivity index (χ2v) is 7.33. The van der Waals surface area contributed by atoms with E-state index in [9.17, 15) is 4.79 Å². The van der Waals surface area contributed by atoms with E-state index in [-0.39, 0.29) is 11.8 Å². The van der Waals surface area contributed by atoms with E-state index in [0.29, 0.717) is 35.5 Å². The number of hydrogen-bond donors (Lipinski definition) is 1. The van der Waals surface area contributed by atoms with Crippen LogP contribution in [0.25, 0.3) is 17.0 Å². The van der Waals surface area contributed by atoms with Gasteiger partial charge in [-0.05, 0) is 31.0 Å². The van der Waals surface area contributed by atoms with Crippen molar-refractivity contribution in [3.63, 3.8) is 0 Å². The number of hydrogen-bond acceptors (Lipinski definition) is 5. The topological polar surface area (TPSA) is 81.4 Å². The van der Waals surface area contributed by atoms with E-state index in [1.807, 2.05) is 18.2 Å². The fourth-order valence-corrected chi connectivity index (χ4v) is 3.72. The molecule has 1 aromatic carbocycles. The quantitative estimate of drug-likeness (QED) is 0.641. The molecule has 1 amide bonds. The molecule has 7 nitrogen and oxygen atoms in total. The van der Waals surface area contributed by atoms with Crippen molar-refractivity contribution in [2.75, 3.05) is 13.2 Å². The minimum atomic E-state index is 0.131. The van der Waals surface area contributed by atoms with Gasteiger partial charge >= 0.3 is 0 Å². The molecule has 0 atom stereocenters. The van der Waals surface area contributed by atoms with Crippen LogP contribution in [0.4, 0.5) is 0 Å². The molecule has 1 fully saturated rings. The van der Waals surface area contributed by atoms with E-state index < -0.39 is 0 Å². The number of fused-ring (bicyclic) bond motifs is 1. The van der Waals surface area contributed by atoms with Crippen LogP contribution >= 0.6 is 11.6 Å². The van der Waals surface area contributed by atoms with Crippen molar-refractivity contribution in [2.24, 2.45) is 5.92 Å². The fourth-order valence-electron chi connectivity index (χ4n) is 3.50. The highest BCUT2D eigenvalue weighted by Crippen LogP contribution is 2.26. The number of carbonyl (C=O) groups is 1. The Balaban J connectivity index is 1.39. The van der Waals surface area contributed by atoms with Gasteiger partial charge in [-0.1, -0.05) is 43.0 Å². The fraction of sp³-hybridized carbons (Fsp3) is 0.400. The van der Waals surface area contributed by atoms with Gasteiger partial charge in [0.15, 0.2) is 11.5 Å². The lowest BCUT2D eigenvalue weighted by Crippen LogP contribution is -2.34. The molecular weight excluding hydrogens is 378 g/mol. The van der Waals surface area contributed by atoms with Gasteiger partial charge in [0.05, 0.1) is 11.6 Å². The van der Waals surface area contributed by atoms with Crippen molar-refractivity contribution in [3.05, 3.63) is 41.4 Å². The molecule has 0 spiro atoms. The summed E-state index contributed by atoms with van der Waals surface area (Å²) in [5.74, 6) is 1.27. The maximum absolute atomic E-state index is 12.2. The number of carbonyl (C=O) groups excluding carboxylic acids is 1. The Morgan fingerprint density at radius 3 is 2.79 bits per heavy atom. The molecule has 8 heteroatoms. The van der Waals surface area contributed by atoms with Crippen LogP contribution in [0.2, 0.25) is 5.02 Å². The van der Waals surface area contributed by atoms with Gasteiger partial charge in [-0.2, -0.15) is 4.52 Å². The summed E-state index contributed by atoms with van der Waals surface area (Å²) in [6.45, 7) is 0.801. The van der Waals surface area contributed by atoms with E-state index >= 15 is 0 Å². The van der Waals surface area contributed by atoms with Gasteiger partial charge in [0.2, 0.25) is 11.8 Å². The van der Waals surface area contributed by atoms with Crippen molar-refractivity contribution >= 4 is 23.2 Å². The summed E-state index contributed by atoms with van der Waals surface area (Å²) in [6, 6.07) is 10.9. The van der Waals surface area contributed by atoms with Crippen molar-refractivity contribution in [1.29, 1.82) is 0 Å². The summed E-state index contributed by atoms with van der Waals surface area (Å²) in [5, 5.41) is 16.3. The average molecular weight is 400 g/mol. The summed E-state index contributed by atoms with van der Waals surface area (Å²) < 4.78 is 7.32. The number of ether oxygens (including phenoxy) is 1. The molecule has 0 radical (unpaired) electrons. The van der Waals surface area contributed by atoms with Crippen LogP contribution in [0.3, 0.4) is 0 Å². The Hall–Kier alpha value is -2.67. The van der Waals surface area contributed by atoms with Gasteiger partial charge in [0, 0.05) is 17.5 Å². The normalized spacial score (nSPS) is 14.9. The number of nitrogens with one attached hydrogen (secondary N) is 1. The highest BCUT2D eigenvalue weighted by molar-refractivity contribution is 6.33. The minimum Gasteiger partial charge on any atom is -0.475 e. The number of halogens is 1. The minimum absolute atomic E-state index is 0.131. The highest BCUT2D eigenvalue weighted by atomic mass is 35.5. The molecular formula is C20H22ClN5O2. The zero-order valence-corrected chi connectivity index (χ0v) is 16.2. The molecule has 2 aromatic heterocycles. The molecule has 1 saturated carbocycles. The van der Waals surface area contributed by atoms with Crippen LogP contribution < -0.4 is 10.1 Å². The van der Waals surface area contributed by atoms with Crippen molar-refractivity contribution < 1.29 is 9.53 Å². The molecule has 146 valence electrons. The maximum atomic E-state index is 12.2. The first-order valence-corrected chi connectivity index (χ1v) is 9.98. The molecule has 0 unspecified atom stereocenters. The average Bonchev–Trinajstić information content (AvgIpc) is 3.15. The molecule has 2 heterocycles. The third-order valence-electron chi connectivity index (χ3n) is 4.98. The molecule has 1 aliphatic rings. The molecule has 0 saturated heterocycles. The second kappa shape index (κ2) is 8.56. The van der Waals surface area contributed by atoms with Crippen molar-refractivity contribution in [1.82, 2.24) is 25.1 Å². The lowest BCUT2D eigenvalue weighted by molar-refractivity contribution is -0.126. The maximum Gasteiger partial charge on any atom is 0.231 e. The first-order valence-electron chi connectivity index (χ1n) is 9.60. The number of benzene rings is 1. The Labute approximate surface area is 168 Å². The van der Waals surface area contributed by atoms with Gasteiger partial charge in [-0.15, -0.1) is 15.3 Å². The Bertz CT molecular complexity index is 968. The molecule has 4 rings (SSSR count). The highest BCUT2D eigenvalue weighted by Gasteiger charge is 2.20. The Morgan fingerprint density at radius 2 is 1.96 bits per heavy atom. The standard InChI is InChI=1S/C20H22ClN5O2/c21-16-9-5-4-8-15(16)19-24-23-17-10-11-18(25-26(17)19)28-13-12-22-20(27)14-6-2-1-3-7-14/h4-5,8-11,14H,1-3,6-7,12-13H2,(H,22,27). The van der Waals surface area contributed by atoms with Gasteiger partial charge < -0.3 is 10.1 Å². The van der Waals surface area contributed by atoms with Crippen LogP contribution in [0, 0.1) is 5.92 Å². The summed E-state index contributed by atoms with van der Waals surface area (Å²) in [7, 11) is 0. The molecule has 1 aliphatic carbocycles. The Morgan fingerprint density at radius 1 is 1.14 bits per heavy atom. The van der Waals surface area contributed by atoms with E-state index in [1.54, 1.807) is 22.7 Å². The van der Waals surface area contributed by atoms with Gasteiger partial charge in [0.1, 0.15) is 6.61 Å². The monoisotopic (exact) mass is 399 g/mol. The van der Waals surface area contributed by atoms with Crippen LogP contribution in [-0.4, -0.2) is 38.9 Å². The number of nitrogens with zero attached hydrogens (tertiary/aromatic N) is 4. The van der Waals surface area contributed by atoms with Crippen LogP contribution in [0.15, 0.2) is 36.4 Å². The van der Waals surface area contributed by atoms with Crippen LogP contribution in [0.5, 0.6) is 5.88 Å². The van der Waals surface area contributed by atoms with Crippen molar-refractivity contribution in [3.8, 4) is 17.3 Å². The predicted molar refractivity (Wildman–Crippen MR) is 106 cm³/mol. The summed E-state index contributed by atoms with van der Waals surface area (Å²) in [5.41, 5.74) is 1.36. The van der Waals surface area contributed by atoms with Crippen LogP contribution in [-0.2, 0) is 4.79 Å². The zero-order valence-electron chi connectivity index (χ0n) is 15.5. The SMILES string of the molecule is O=C(NCCOc1ccc2nnc(-c3ccccc3Cl)n2n1)C1CCCCC1. The Kier molecular flexibility index (Phi) is 5.71. The van der Waals surface area contributed by atoms with Gasteiger partial charge in [-0.25, -0.2) is 0 Å². The van der Waals surface area contributed by atoms with Crippen molar-refractivity contribution in [2.45, 2.75) is 32.1 Å². The molecule has 28 heavy (non-hydrogen) atoms. The van der Waals surface area contributed by atoms with E-state index in [2.05, 4.69) is 20.6 Å². The van der Waals surface area contributed by atoms with E-state index in [4.69, 9.17) is 16.3 Å². The molecule has 0 aliphatic heterocycles. The van der Waals surface area contributed by atoms with E-state index in [1.165, 1.54) is 6.42 Å². The van der Waals surface area contributed by atoms with Crippen LogP contribution in [0.1, 0.15) is 32.1 Å². The first-order chi connectivity index (χ1) is 13.7. The predicted octanol–water partition coefficient (Wildman–Crippen LogP) is 3.52. The van der Waals surface area contributed by atoms with Gasteiger partial charge in [-0.3, -0.25) is 4.79 Å². The zero-order chi connectivity index (χ0) is 19.3. The smallest absolute Gasteiger partial charge is 0.231 e. The molecule has 3 aromatic rings. The number of amides is 1. The van der Waals surface area contributed by atoms with Gasteiger partial charge in [0.25, 0.3) is 0 Å². The number of aromatic nitrogens is 4.